The Morgan fingerprint density at radius 3 is 2.63 bits per heavy atom. The Morgan fingerprint density at radius 2 is 1.90 bits per heavy atom. The first-order chi connectivity index (χ1) is 20.0. The standard InChI is InChI=1S/C31H33FN6O3/c1-41-27-16-21(23(32)15-22(27)31(40)38-13-3-2-4-14-38)25-17-26(29-24(36-25)9-12-34-30(29)39)37-28-6-5-20(18-35-28)19-7-10-33-11-8-19/h5-6,9,12,15-19,33H,2-4,7-8,10-11,13-14H2,1H3,(H,34,39)(H,35,36,37). The molecule has 3 aromatic heterocycles. The molecule has 10 heteroatoms. The molecule has 0 aliphatic carbocycles. The number of likely N-dealkylation sites (tertiary alicyclic amines) is 1. The molecule has 0 atom stereocenters. The van der Waals surface area contributed by atoms with E-state index >= 15 is 4.39 Å². The number of anilines is 2. The van der Waals surface area contributed by atoms with E-state index in [-0.39, 0.29) is 28.3 Å². The van der Waals surface area contributed by atoms with Crippen molar-refractivity contribution >= 4 is 28.3 Å². The number of carbonyl (C=O) groups excluding carboxylic acids is 1. The highest BCUT2D eigenvalue weighted by Crippen LogP contribution is 2.34. The highest BCUT2D eigenvalue weighted by atomic mass is 19.1. The summed E-state index contributed by atoms with van der Waals surface area (Å²) in [5.74, 6) is 0.459. The van der Waals surface area contributed by atoms with Crippen molar-refractivity contribution in [2.45, 2.75) is 38.0 Å². The number of fused-ring (bicyclic) bond motifs is 1. The highest BCUT2D eigenvalue weighted by molar-refractivity contribution is 5.98. The molecule has 0 spiro atoms. The third-order valence-electron chi connectivity index (χ3n) is 8.03. The average Bonchev–Trinajstić information content (AvgIpc) is 3.01. The van der Waals surface area contributed by atoms with Gasteiger partial charge in [0.05, 0.1) is 35.0 Å². The Balaban J connectivity index is 1.37. The van der Waals surface area contributed by atoms with E-state index in [2.05, 4.69) is 31.7 Å². The van der Waals surface area contributed by atoms with Gasteiger partial charge in [-0.25, -0.2) is 14.4 Å². The number of amides is 1. The van der Waals surface area contributed by atoms with E-state index in [9.17, 15) is 9.59 Å². The summed E-state index contributed by atoms with van der Waals surface area (Å²) in [7, 11) is 1.46. The van der Waals surface area contributed by atoms with Crippen LogP contribution in [0.25, 0.3) is 22.2 Å². The lowest BCUT2D eigenvalue weighted by atomic mass is 9.91. The fourth-order valence-corrected chi connectivity index (χ4v) is 5.80. The van der Waals surface area contributed by atoms with Crippen LogP contribution in [0.1, 0.15) is 53.9 Å². The predicted molar refractivity (Wildman–Crippen MR) is 156 cm³/mol. The molecule has 5 heterocycles. The first-order valence-corrected chi connectivity index (χ1v) is 14.1. The number of H-pyrrole nitrogens is 1. The molecule has 41 heavy (non-hydrogen) atoms. The van der Waals surface area contributed by atoms with Crippen LogP contribution in [0.2, 0.25) is 0 Å². The number of rotatable bonds is 6. The van der Waals surface area contributed by atoms with Crippen LogP contribution in [-0.2, 0) is 0 Å². The normalized spacial score (nSPS) is 16.1. The van der Waals surface area contributed by atoms with Crippen LogP contribution < -0.4 is 20.9 Å². The van der Waals surface area contributed by atoms with Crippen molar-refractivity contribution < 1.29 is 13.9 Å². The fraction of sp³-hybridized carbons (Fsp3) is 0.355. The SMILES string of the molecule is COc1cc(-c2cc(Nc3ccc(C4CCNCC4)cn3)c3c(=O)[nH]ccc3n2)c(F)cc1C(=O)N1CCCCC1. The molecule has 2 saturated heterocycles. The second-order valence-electron chi connectivity index (χ2n) is 10.6. The van der Waals surface area contributed by atoms with Gasteiger partial charge in [-0.15, -0.1) is 0 Å². The van der Waals surface area contributed by atoms with Crippen LogP contribution in [0, 0.1) is 5.82 Å². The molecule has 2 aliphatic rings. The van der Waals surface area contributed by atoms with E-state index in [4.69, 9.17) is 4.74 Å². The zero-order valence-electron chi connectivity index (χ0n) is 23.0. The van der Waals surface area contributed by atoms with Crippen molar-refractivity contribution in [3.8, 4) is 17.0 Å². The number of piperidine rings is 2. The Bertz CT molecular complexity index is 1630. The minimum absolute atomic E-state index is 0.163. The summed E-state index contributed by atoms with van der Waals surface area (Å²) < 4.78 is 21.2. The van der Waals surface area contributed by atoms with Crippen molar-refractivity contribution in [3.05, 3.63) is 76.1 Å². The van der Waals surface area contributed by atoms with E-state index in [1.807, 2.05) is 12.3 Å². The smallest absolute Gasteiger partial charge is 0.259 e. The lowest BCUT2D eigenvalue weighted by molar-refractivity contribution is 0.0720. The number of halogens is 1. The maximum absolute atomic E-state index is 15.7. The number of hydrogen-bond acceptors (Lipinski definition) is 7. The summed E-state index contributed by atoms with van der Waals surface area (Å²) in [5, 5.41) is 6.97. The van der Waals surface area contributed by atoms with Crippen molar-refractivity contribution in [2.24, 2.45) is 0 Å². The van der Waals surface area contributed by atoms with Crippen LogP contribution in [0.4, 0.5) is 15.9 Å². The molecule has 0 radical (unpaired) electrons. The quantitative estimate of drug-likeness (QED) is 0.307. The summed E-state index contributed by atoms with van der Waals surface area (Å²) in [4.78, 5) is 39.7. The molecule has 2 fully saturated rings. The lowest BCUT2D eigenvalue weighted by Gasteiger charge is -2.27. The van der Waals surface area contributed by atoms with Crippen LogP contribution in [0.15, 0.2) is 53.6 Å². The van der Waals surface area contributed by atoms with Gasteiger partial charge in [-0.05, 0) is 87.0 Å². The maximum Gasteiger partial charge on any atom is 0.259 e. The number of pyridine rings is 3. The topological polar surface area (TPSA) is 112 Å². The Hall–Kier alpha value is -4.31. The first-order valence-electron chi connectivity index (χ1n) is 14.1. The first kappa shape index (κ1) is 26.9. The molecule has 1 amide bonds. The molecule has 4 aromatic rings. The van der Waals surface area contributed by atoms with Crippen LogP contribution >= 0.6 is 0 Å². The minimum atomic E-state index is -0.599. The average molecular weight is 557 g/mol. The van der Waals surface area contributed by atoms with E-state index in [1.165, 1.54) is 31.0 Å². The van der Waals surface area contributed by atoms with Crippen LogP contribution in [-0.4, -0.2) is 59.0 Å². The number of aromatic nitrogens is 3. The van der Waals surface area contributed by atoms with Crippen LogP contribution in [0.5, 0.6) is 5.75 Å². The van der Waals surface area contributed by atoms with Gasteiger partial charge in [-0.3, -0.25) is 9.59 Å². The molecule has 212 valence electrons. The molecule has 0 bridgehead atoms. The number of nitrogens with one attached hydrogen (secondary N) is 3. The molecular weight excluding hydrogens is 523 g/mol. The van der Waals surface area contributed by atoms with Gasteiger partial charge in [0.15, 0.2) is 0 Å². The van der Waals surface area contributed by atoms with E-state index in [0.29, 0.717) is 47.1 Å². The Kier molecular flexibility index (Phi) is 7.65. The molecular formula is C31H33FN6O3. The maximum atomic E-state index is 15.7. The third kappa shape index (κ3) is 5.52. The largest absolute Gasteiger partial charge is 0.496 e. The molecule has 9 nitrogen and oxygen atoms in total. The number of aromatic amines is 1. The van der Waals surface area contributed by atoms with Crippen molar-refractivity contribution in [2.75, 3.05) is 38.6 Å². The molecule has 2 aliphatic heterocycles. The van der Waals surface area contributed by atoms with E-state index in [0.717, 1.165) is 45.2 Å². The molecule has 1 aromatic carbocycles. The molecule has 6 rings (SSSR count). The van der Waals surface area contributed by atoms with Gasteiger partial charge in [0.25, 0.3) is 11.5 Å². The monoisotopic (exact) mass is 556 g/mol. The number of methoxy groups -OCH3 is 1. The fourth-order valence-electron chi connectivity index (χ4n) is 5.80. The number of carbonyl (C=O) groups is 1. The van der Waals surface area contributed by atoms with Crippen LogP contribution in [0.3, 0.4) is 0 Å². The molecule has 3 N–H and O–H groups in total. The summed E-state index contributed by atoms with van der Waals surface area (Å²) in [6, 6.07) is 9.98. The van der Waals surface area contributed by atoms with E-state index < -0.39 is 5.82 Å². The van der Waals surface area contributed by atoms with Gasteiger partial charge in [-0.1, -0.05) is 6.07 Å². The Labute approximate surface area is 237 Å². The zero-order chi connectivity index (χ0) is 28.3. The summed E-state index contributed by atoms with van der Waals surface area (Å²) in [6.45, 7) is 3.28. The number of nitrogens with zero attached hydrogens (tertiary/aromatic N) is 3. The minimum Gasteiger partial charge on any atom is -0.496 e. The lowest BCUT2D eigenvalue weighted by Crippen LogP contribution is -2.35. The summed E-state index contributed by atoms with van der Waals surface area (Å²) in [6.07, 6.45) is 8.46. The van der Waals surface area contributed by atoms with Gasteiger partial charge in [0.1, 0.15) is 17.4 Å². The van der Waals surface area contributed by atoms with Gasteiger partial charge < -0.3 is 25.3 Å². The van der Waals surface area contributed by atoms with Gasteiger partial charge >= 0.3 is 0 Å². The highest BCUT2D eigenvalue weighted by Gasteiger charge is 2.25. The third-order valence-corrected chi connectivity index (χ3v) is 8.03. The van der Waals surface area contributed by atoms with Crippen molar-refractivity contribution in [3.63, 3.8) is 0 Å². The van der Waals surface area contributed by atoms with Gasteiger partial charge in [0, 0.05) is 31.0 Å². The predicted octanol–water partition coefficient (Wildman–Crippen LogP) is 4.97. The summed E-state index contributed by atoms with van der Waals surface area (Å²) >= 11 is 0. The number of benzene rings is 1. The van der Waals surface area contributed by atoms with Crippen molar-refractivity contribution in [1.29, 1.82) is 0 Å². The second-order valence-corrected chi connectivity index (χ2v) is 10.6. The molecule has 0 unspecified atom stereocenters. The zero-order valence-corrected chi connectivity index (χ0v) is 23.0. The molecule has 0 saturated carbocycles. The second kappa shape index (κ2) is 11.7. The summed E-state index contributed by atoms with van der Waals surface area (Å²) in [5.41, 5.74) is 2.35. The van der Waals surface area contributed by atoms with E-state index in [1.54, 1.807) is 17.0 Å². The van der Waals surface area contributed by atoms with Gasteiger partial charge in [-0.2, -0.15) is 0 Å². The number of hydrogen-bond donors (Lipinski definition) is 3. The van der Waals surface area contributed by atoms with Gasteiger partial charge in [0.2, 0.25) is 0 Å². The van der Waals surface area contributed by atoms with Crippen molar-refractivity contribution in [1.82, 2.24) is 25.2 Å². The Morgan fingerprint density at radius 1 is 1.10 bits per heavy atom. The number of ether oxygens (including phenoxy) is 1.